The molecule has 0 spiro atoms. The Balaban J connectivity index is 1.64. The molecule has 29 heavy (non-hydrogen) atoms. The molecule has 1 N–H and O–H groups in total. The van der Waals surface area contributed by atoms with Gasteiger partial charge in [-0.2, -0.15) is 5.10 Å². The van der Waals surface area contributed by atoms with Crippen molar-refractivity contribution in [3.63, 3.8) is 0 Å². The number of nitrogens with zero attached hydrogens (tertiary/aromatic N) is 3. The van der Waals surface area contributed by atoms with E-state index in [0.717, 1.165) is 33.6 Å². The van der Waals surface area contributed by atoms with Gasteiger partial charge in [0, 0.05) is 5.39 Å². The number of fused-ring (bicyclic) bond motifs is 1. The van der Waals surface area contributed by atoms with Gasteiger partial charge in [0.05, 0.1) is 24.5 Å². The molecule has 0 atom stereocenters. The highest BCUT2D eigenvalue weighted by atomic mass is 16.5. The first-order valence-corrected chi connectivity index (χ1v) is 9.25. The van der Waals surface area contributed by atoms with Gasteiger partial charge in [-0.15, -0.1) is 0 Å². The van der Waals surface area contributed by atoms with Crippen molar-refractivity contribution in [3.8, 4) is 5.75 Å². The van der Waals surface area contributed by atoms with Gasteiger partial charge in [0.15, 0.2) is 5.84 Å². The second-order valence-corrected chi connectivity index (χ2v) is 6.33. The highest BCUT2D eigenvalue weighted by Gasteiger charge is 2.06. The fraction of sp³-hybridized carbons (Fsp3) is 0.0417. The summed E-state index contributed by atoms with van der Waals surface area (Å²) in [4.78, 5) is 9.44. The molecule has 5 nitrogen and oxygen atoms in total. The largest absolute Gasteiger partial charge is 0.497 e. The number of hydrogen-bond acceptors (Lipinski definition) is 4. The van der Waals surface area contributed by atoms with Gasteiger partial charge in [-0.05, 0) is 54.1 Å². The summed E-state index contributed by atoms with van der Waals surface area (Å²) in [5.74, 6) is 1.38. The van der Waals surface area contributed by atoms with Crippen molar-refractivity contribution in [1.29, 1.82) is 0 Å². The minimum Gasteiger partial charge on any atom is -0.497 e. The third kappa shape index (κ3) is 4.65. The SMILES string of the molecule is COc1ccc(/C=N/NC(=Nc2ccccc2)c2ccc3ccccc3n2)cc1. The van der Waals surface area contributed by atoms with Crippen molar-refractivity contribution in [2.24, 2.45) is 10.1 Å². The average Bonchev–Trinajstić information content (AvgIpc) is 2.79. The van der Waals surface area contributed by atoms with E-state index < -0.39 is 0 Å². The van der Waals surface area contributed by atoms with Gasteiger partial charge >= 0.3 is 0 Å². The van der Waals surface area contributed by atoms with Crippen LogP contribution in [0.2, 0.25) is 0 Å². The second kappa shape index (κ2) is 8.80. The van der Waals surface area contributed by atoms with Crippen molar-refractivity contribution >= 4 is 28.6 Å². The normalized spacial score (nSPS) is 11.7. The Kier molecular flexibility index (Phi) is 5.58. The zero-order valence-corrected chi connectivity index (χ0v) is 16.0. The van der Waals surface area contributed by atoms with Crippen LogP contribution in [0.25, 0.3) is 10.9 Å². The maximum Gasteiger partial charge on any atom is 0.173 e. The van der Waals surface area contributed by atoms with E-state index in [2.05, 4.69) is 10.5 Å². The third-order valence-electron chi connectivity index (χ3n) is 4.34. The number of hydrazone groups is 1. The molecule has 0 saturated carbocycles. The molecule has 0 bridgehead atoms. The van der Waals surface area contributed by atoms with Gasteiger partial charge in [-0.1, -0.05) is 42.5 Å². The average molecular weight is 380 g/mol. The van der Waals surface area contributed by atoms with Crippen LogP contribution >= 0.6 is 0 Å². The zero-order chi connectivity index (χ0) is 19.9. The Bertz CT molecular complexity index is 1150. The lowest BCUT2D eigenvalue weighted by molar-refractivity contribution is 0.415. The Morgan fingerprint density at radius 1 is 0.862 bits per heavy atom. The molecule has 3 aromatic carbocycles. The zero-order valence-electron chi connectivity index (χ0n) is 16.0. The summed E-state index contributed by atoms with van der Waals surface area (Å²) >= 11 is 0. The summed E-state index contributed by atoms with van der Waals surface area (Å²) in [5.41, 5.74) is 6.45. The quantitative estimate of drug-likeness (QED) is 0.303. The second-order valence-electron chi connectivity index (χ2n) is 6.33. The molecular formula is C24H20N4O. The molecule has 0 aliphatic rings. The van der Waals surface area contributed by atoms with Gasteiger partial charge in [0.1, 0.15) is 11.4 Å². The first kappa shape index (κ1) is 18.4. The summed E-state index contributed by atoms with van der Waals surface area (Å²) in [6, 6.07) is 29.4. The highest BCUT2D eigenvalue weighted by Crippen LogP contribution is 2.15. The molecule has 0 saturated heterocycles. The molecule has 4 rings (SSSR count). The van der Waals surface area contributed by atoms with E-state index in [-0.39, 0.29) is 0 Å². The number of aliphatic imine (C=N–C) groups is 1. The number of aromatic nitrogens is 1. The maximum absolute atomic E-state index is 5.18. The minimum absolute atomic E-state index is 0.576. The Hall–Kier alpha value is -3.99. The van der Waals surface area contributed by atoms with Crippen LogP contribution in [-0.2, 0) is 0 Å². The van der Waals surface area contributed by atoms with Crippen LogP contribution in [0.1, 0.15) is 11.3 Å². The number of rotatable bonds is 5. The predicted octanol–water partition coefficient (Wildman–Crippen LogP) is 4.95. The van der Waals surface area contributed by atoms with Crippen molar-refractivity contribution in [2.45, 2.75) is 0 Å². The first-order chi connectivity index (χ1) is 14.3. The summed E-state index contributed by atoms with van der Waals surface area (Å²) < 4.78 is 5.18. The lowest BCUT2D eigenvalue weighted by atomic mass is 10.2. The van der Waals surface area contributed by atoms with Crippen LogP contribution in [0.15, 0.2) is 101 Å². The fourth-order valence-corrected chi connectivity index (χ4v) is 2.83. The van der Waals surface area contributed by atoms with E-state index in [4.69, 9.17) is 14.7 Å². The summed E-state index contributed by atoms with van der Waals surface area (Å²) in [6.07, 6.45) is 1.74. The van der Waals surface area contributed by atoms with E-state index >= 15 is 0 Å². The summed E-state index contributed by atoms with van der Waals surface area (Å²) in [7, 11) is 1.65. The van der Waals surface area contributed by atoms with Crippen LogP contribution in [0.5, 0.6) is 5.75 Å². The van der Waals surface area contributed by atoms with Crippen molar-refractivity contribution in [3.05, 3.63) is 102 Å². The number of hydrogen-bond donors (Lipinski definition) is 1. The first-order valence-electron chi connectivity index (χ1n) is 9.25. The van der Waals surface area contributed by atoms with Gasteiger partial charge in [-0.3, -0.25) is 5.43 Å². The van der Waals surface area contributed by atoms with E-state index in [9.17, 15) is 0 Å². The monoisotopic (exact) mass is 380 g/mol. The van der Waals surface area contributed by atoms with Crippen LogP contribution in [-0.4, -0.2) is 24.1 Å². The lowest BCUT2D eigenvalue weighted by Crippen LogP contribution is -2.20. The van der Waals surface area contributed by atoms with E-state index in [0.29, 0.717) is 5.84 Å². The molecule has 0 aliphatic heterocycles. The van der Waals surface area contributed by atoms with Crippen molar-refractivity contribution in [1.82, 2.24) is 10.4 Å². The molecule has 0 radical (unpaired) electrons. The Morgan fingerprint density at radius 2 is 1.62 bits per heavy atom. The van der Waals surface area contributed by atoms with Crippen molar-refractivity contribution < 1.29 is 4.74 Å². The molecule has 1 aromatic heterocycles. The maximum atomic E-state index is 5.18. The molecule has 5 heteroatoms. The van der Waals surface area contributed by atoms with Gasteiger partial charge in [0.25, 0.3) is 0 Å². The number of pyridine rings is 1. The molecule has 0 aliphatic carbocycles. The number of nitrogens with one attached hydrogen (secondary N) is 1. The van der Waals surface area contributed by atoms with E-state index in [1.165, 1.54) is 0 Å². The topological polar surface area (TPSA) is 58.9 Å². The van der Waals surface area contributed by atoms with Crippen molar-refractivity contribution in [2.75, 3.05) is 7.11 Å². The molecule has 0 fully saturated rings. The summed E-state index contributed by atoms with van der Waals surface area (Å²) in [5, 5.41) is 5.44. The predicted molar refractivity (Wildman–Crippen MR) is 118 cm³/mol. The van der Waals surface area contributed by atoms with E-state index in [1.807, 2.05) is 91.0 Å². The van der Waals surface area contributed by atoms with Gasteiger partial charge < -0.3 is 4.74 Å². The van der Waals surface area contributed by atoms with Crippen LogP contribution in [0.4, 0.5) is 5.69 Å². The van der Waals surface area contributed by atoms with Gasteiger partial charge in [0.2, 0.25) is 0 Å². The Morgan fingerprint density at radius 3 is 2.41 bits per heavy atom. The number of amidine groups is 1. The molecular weight excluding hydrogens is 360 g/mol. The number of methoxy groups -OCH3 is 1. The standard InChI is InChI=1S/C24H20N4O/c1-29-21-14-11-18(12-15-21)17-25-28-24(26-20-8-3-2-4-9-20)23-16-13-19-7-5-6-10-22(19)27-23/h2-17H,1H3,(H,26,28)/b25-17+. The number of ether oxygens (including phenoxy) is 1. The number of benzene rings is 3. The smallest absolute Gasteiger partial charge is 0.173 e. The molecule has 4 aromatic rings. The molecule has 142 valence electrons. The molecule has 0 unspecified atom stereocenters. The number of para-hydroxylation sites is 2. The van der Waals surface area contributed by atoms with Crippen LogP contribution in [0, 0.1) is 0 Å². The molecule has 1 heterocycles. The minimum atomic E-state index is 0.576. The Labute approximate surface area is 169 Å². The van der Waals surface area contributed by atoms with Crippen LogP contribution < -0.4 is 10.2 Å². The fourth-order valence-electron chi connectivity index (χ4n) is 2.83. The third-order valence-corrected chi connectivity index (χ3v) is 4.34. The van der Waals surface area contributed by atoms with Crippen LogP contribution in [0.3, 0.4) is 0 Å². The van der Waals surface area contributed by atoms with E-state index in [1.54, 1.807) is 13.3 Å². The summed E-state index contributed by atoms with van der Waals surface area (Å²) in [6.45, 7) is 0. The molecule has 0 amide bonds. The van der Waals surface area contributed by atoms with Gasteiger partial charge in [-0.25, -0.2) is 9.98 Å². The lowest BCUT2D eigenvalue weighted by Gasteiger charge is -2.07. The highest BCUT2D eigenvalue weighted by molar-refractivity contribution is 6.00.